The van der Waals surface area contributed by atoms with Gasteiger partial charge in [0, 0.05) is 73.9 Å². The van der Waals surface area contributed by atoms with Gasteiger partial charge in [0.2, 0.25) is 5.91 Å². The summed E-state index contributed by atoms with van der Waals surface area (Å²) in [6, 6.07) is 10.6. The summed E-state index contributed by atoms with van der Waals surface area (Å²) in [7, 11) is 0. The maximum Gasteiger partial charge on any atom is 0.241 e. The van der Waals surface area contributed by atoms with Gasteiger partial charge in [0.15, 0.2) is 5.43 Å². The van der Waals surface area contributed by atoms with Gasteiger partial charge in [0.1, 0.15) is 5.82 Å². The highest BCUT2D eigenvalue weighted by atomic mass is 19.1. The number of nitrogens with one attached hydrogen (secondary N) is 1. The predicted molar refractivity (Wildman–Crippen MR) is 147 cm³/mol. The van der Waals surface area contributed by atoms with Crippen LogP contribution in [-0.4, -0.2) is 58.6 Å². The van der Waals surface area contributed by atoms with Crippen molar-refractivity contribution in [2.75, 3.05) is 31.1 Å². The second-order valence-electron chi connectivity index (χ2n) is 11.5. The SMILES string of the molecule is Cc1cn(C[C@H]2CN[C@H](C)CN2CC(=O)N2CC(C)(C)c3ncc(Cc4ccc(F)cc4)cc32)ccc1=O. The fraction of sp³-hybridized carbons (Fsp3) is 0.433. The van der Waals surface area contributed by atoms with E-state index in [1.54, 1.807) is 18.2 Å². The molecule has 2 atom stereocenters. The number of piperazine rings is 1. The molecule has 0 spiro atoms. The Balaban J connectivity index is 1.35. The average molecular weight is 518 g/mol. The van der Waals surface area contributed by atoms with Gasteiger partial charge in [0.25, 0.3) is 0 Å². The van der Waals surface area contributed by atoms with Crippen LogP contribution in [0.5, 0.6) is 0 Å². The molecule has 8 heteroatoms. The highest BCUT2D eigenvalue weighted by Crippen LogP contribution is 2.39. The van der Waals surface area contributed by atoms with Gasteiger partial charge >= 0.3 is 0 Å². The predicted octanol–water partition coefficient (Wildman–Crippen LogP) is 3.27. The highest BCUT2D eigenvalue weighted by Gasteiger charge is 2.40. The number of carbonyl (C=O) groups excluding carboxylic acids is 1. The number of fused-ring (bicyclic) bond motifs is 1. The first kappa shape index (κ1) is 26.3. The van der Waals surface area contributed by atoms with Crippen molar-refractivity contribution in [3.05, 3.63) is 93.4 Å². The summed E-state index contributed by atoms with van der Waals surface area (Å²) in [5, 5.41) is 3.54. The number of carbonyl (C=O) groups is 1. The van der Waals surface area contributed by atoms with Gasteiger partial charge in [-0.15, -0.1) is 0 Å². The van der Waals surface area contributed by atoms with Crippen LogP contribution in [0.15, 0.2) is 59.8 Å². The number of benzene rings is 1. The number of amides is 1. The quantitative estimate of drug-likeness (QED) is 0.544. The second kappa shape index (κ2) is 10.4. The van der Waals surface area contributed by atoms with Crippen LogP contribution in [0.25, 0.3) is 0 Å². The van der Waals surface area contributed by atoms with E-state index in [9.17, 15) is 14.0 Å². The Morgan fingerprint density at radius 2 is 1.95 bits per heavy atom. The first-order chi connectivity index (χ1) is 18.1. The van der Waals surface area contributed by atoms with Crippen molar-refractivity contribution in [2.45, 2.75) is 58.2 Å². The molecule has 0 unspecified atom stereocenters. The third-order valence-electron chi connectivity index (χ3n) is 7.68. The first-order valence-electron chi connectivity index (χ1n) is 13.3. The van der Waals surface area contributed by atoms with Crippen LogP contribution >= 0.6 is 0 Å². The number of aromatic nitrogens is 2. The minimum absolute atomic E-state index is 0.0337. The minimum atomic E-state index is -0.254. The van der Waals surface area contributed by atoms with Crippen LogP contribution in [-0.2, 0) is 23.2 Å². The van der Waals surface area contributed by atoms with Crippen molar-refractivity contribution < 1.29 is 9.18 Å². The zero-order chi connectivity index (χ0) is 27.0. The molecule has 3 aromatic rings. The van der Waals surface area contributed by atoms with Crippen molar-refractivity contribution in [2.24, 2.45) is 0 Å². The minimum Gasteiger partial charge on any atom is -0.352 e. The smallest absolute Gasteiger partial charge is 0.241 e. The molecular weight excluding hydrogens is 481 g/mol. The molecule has 7 nitrogen and oxygen atoms in total. The number of pyridine rings is 2. The van der Waals surface area contributed by atoms with Crippen LogP contribution in [0.4, 0.5) is 10.1 Å². The zero-order valence-electron chi connectivity index (χ0n) is 22.6. The van der Waals surface area contributed by atoms with E-state index in [4.69, 9.17) is 4.98 Å². The molecule has 1 saturated heterocycles. The van der Waals surface area contributed by atoms with Gasteiger partial charge < -0.3 is 14.8 Å². The van der Waals surface area contributed by atoms with E-state index in [0.717, 1.165) is 35.6 Å². The van der Waals surface area contributed by atoms with Crippen molar-refractivity contribution in [3.63, 3.8) is 0 Å². The third kappa shape index (κ3) is 5.56. The van der Waals surface area contributed by atoms with E-state index in [0.29, 0.717) is 31.6 Å². The number of hydrogen-bond acceptors (Lipinski definition) is 5. The number of rotatable bonds is 6. The molecule has 4 heterocycles. The molecule has 1 N–H and O–H groups in total. The lowest BCUT2D eigenvalue weighted by atomic mass is 9.91. The van der Waals surface area contributed by atoms with E-state index in [-0.39, 0.29) is 34.7 Å². The van der Waals surface area contributed by atoms with Gasteiger partial charge in [-0.2, -0.15) is 0 Å². The van der Waals surface area contributed by atoms with Crippen LogP contribution in [0.3, 0.4) is 0 Å². The Bertz CT molecular complexity index is 1380. The van der Waals surface area contributed by atoms with Gasteiger partial charge in [0.05, 0.1) is 17.9 Å². The maximum atomic E-state index is 13.8. The Hall–Kier alpha value is -3.36. The summed E-state index contributed by atoms with van der Waals surface area (Å²) in [6.07, 6.45) is 6.20. The van der Waals surface area contributed by atoms with E-state index in [1.165, 1.54) is 12.1 Å². The Kier molecular flexibility index (Phi) is 7.20. The van der Waals surface area contributed by atoms with Gasteiger partial charge in [-0.3, -0.25) is 19.5 Å². The van der Waals surface area contributed by atoms with Crippen LogP contribution in [0.1, 0.15) is 43.2 Å². The largest absolute Gasteiger partial charge is 0.352 e. The number of anilines is 1. The molecule has 2 aromatic heterocycles. The van der Waals surface area contributed by atoms with Gasteiger partial charge in [-0.1, -0.05) is 26.0 Å². The lowest BCUT2D eigenvalue weighted by molar-refractivity contribution is -0.120. The summed E-state index contributed by atoms with van der Waals surface area (Å²) in [4.78, 5) is 34.6. The van der Waals surface area contributed by atoms with Crippen molar-refractivity contribution in [3.8, 4) is 0 Å². The number of hydrogen-bond donors (Lipinski definition) is 1. The molecular formula is C30H36FN5O2. The van der Waals surface area contributed by atoms with Crippen LogP contribution in [0.2, 0.25) is 0 Å². The third-order valence-corrected chi connectivity index (χ3v) is 7.68. The van der Waals surface area contributed by atoms with E-state index in [1.807, 2.05) is 35.0 Å². The summed E-state index contributed by atoms with van der Waals surface area (Å²) >= 11 is 0. The molecule has 1 amide bonds. The van der Waals surface area contributed by atoms with Gasteiger partial charge in [-0.05, 0) is 49.6 Å². The fourth-order valence-corrected chi connectivity index (χ4v) is 5.61. The second-order valence-corrected chi connectivity index (χ2v) is 11.5. The Morgan fingerprint density at radius 1 is 1.18 bits per heavy atom. The summed E-state index contributed by atoms with van der Waals surface area (Å²) in [6.45, 7) is 11.3. The zero-order valence-corrected chi connectivity index (χ0v) is 22.6. The topological polar surface area (TPSA) is 70.5 Å². The van der Waals surface area contributed by atoms with Crippen molar-refractivity contribution in [1.82, 2.24) is 19.8 Å². The molecule has 2 aliphatic heterocycles. The lowest BCUT2D eigenvalue weighted by Crippen LogP contribution is -2.59. The van der Waals surface area contributed by atoms with Crippen molar-refractivity contribution in [1.29, 1.82) is 0 Å². The van der Waals surface area contributed by atoms with E-state index >= 15 is 0 Å². The molecule has 5 rings (SSSR count). The lowest BCUT2D eigenvalue weighted by Gasteiger charge is -2.40. The monoisotopic (exact) mass is 517 g/mol. The van der Waals surface area contributed by atoms with E-state index < -0.39 is 0 Å². The van der Waals surface area contributed by atoms with Crippen molar-refractivity contribution >= 4 is 11.6 Å². The normalized spacial score (nSPS) is 20.9. The standard InChI is InChI=1S/C30H36FN5O2/c1-20-15-34(10-9-27(20)37)17-25-14-32-21(2)16-35(25)18-28(38)36-19-30(3,4)29-26(36)12-23(13-33-29)11-22-5-7-24(31)8-6-22/h5-10,12-13,15,21,25,32H,11,14,16-19H2,1-4H3/t21-,25-/m1/s1. The highest BCUT2D eigenvalue weighted by molar-refractivity contribution is 5.97. The first-order valence-corrected chi connectivity index (χ1v) is 13.3. The van der Waals surface area contributed by atoms with Gasteiger partial charge in [-0.25, -0.2) is 4.39 Å². The molecule has 38 heavy (non-hydrogen) atoms. The molecule has 0 bridgehead atoms. The van der Waals surface area contributed by atoms with Crippen LogP contribution in [0, 0.1) is 12.7 Å². The molecule has 0 radical (unpaired) electrons. The molecule has 2 aliphatic rings. The number of aryl methyl sites for hydroxylation is 1. The summed E-state index contributed by atoms with van der Waals surface area (Å²) < 4.78 is 15.4. The number of halogens is 1. The molecule has 1 fully saturated rings. The molecule has 200 valence electrons. The Morgan fingerprint density at radius 3 is 2.68 bits per heavy atom. The number of nitrogens with zero attached hydrogens (tertiary/aromatic N) is 4. The molecule has 0 saturated carbocycles. The summed E-state index contributed by atoms with van der Waals surface area (Å²) in [5.41, 5.74) is 4.30. The fourth-order valence-electron chi connectivity index (χ4n) is 5.61. The molecule has 0 aliphatic carbocycles. The van der Waals surface area contributed by atoms with E-state index in [2.05, 4.69) is 37.1 Å². The van der Waals surface area contributed by atoms with Crippen LogP contribution < -0.4 is 15.6 Å². The Labute approximate surface area is 223 Å². The average Bonchev–Trinajstić information content (AvgIpc) is 3.14. The summed E-state index contributed by atoms with van der Waals surface area (Å²) in [5.74, 6) is -0.191. The molecule has 1 aromatic carbocycles. The maximum absolute atomic E-state index is 13.8.